The largest absolute Gasteiger partial charge is 0.467 e. The van der Waals surface area contributed by atoms with Crippen LogP contribution in [0, 0.1) is 0 Å². The van der Waals surface area contributed by atoms with E-state index in [-0.39, 0.29) is 5.97 Å². The second kappa shape index (κ2) is 4.89. The maximum Gasteiger partial charge on any atom is 0.328 e. The molecule has 0 bridgehead atoms. The molecular formula is C11H11ClN2O2S. The Labute approximate surface area is 108 Å². The highest BCUT2D eigenvalue weighted by Crippen LogP contribution is 2.28. The van der Waals surface area contributed by atoms with Crippen LogP contribution in [-0.2, 0) is 9.53 Å². The van der Waals surface area contributed by atoms with Gasteiger partial charge in [0, 0.05) is 5.02 Å². The number of rotatable bonds is 3. The lowest BCUT2D eigenvalue weighted by molar-refractivity contribution is -0.141. The third-order valence-electron chi connectivity index (χ3n) is 2.24. The van der Waals surface area contributed by atoms with E-state index in [4.69, 9.17) is 11.6 Å². The van der Waals surface area contributed by atoms with Gasteiger partial charge in [0.1, 0.15) is 6.04 Å². The molecule has 0 spiro atoms. The molecule has 90 valence electrons. The topological polar surface area (TPSA) is 51.2 Å². The van der Waals surface area contributed by atoms with Crippen molar-refractivity contribution < 1.29 is 9.53 Å². The molecule has 0 saturated heterocycles. The van der Waals surface area contributed by atoms with Gasteiger partial charge in [-0.1, -0.05) is 22.9 Å². The first kappa shape index (κ1) is 12.1. The minimum absolute atomic E-state index is 0.317. The molecule has 0 saturated carbocycles. The fourth-order valence-corrected chi connectivity index (χ4v) is 2.48. The van der Waals surface area contributed by atoms with Gasteiger partial charge in [0.25, 0.3) is 0 Å². The lowest BCUT2D eigenvalue weighted by Gasteiger charge is -2.09. The smallest absolute Gasteiger partial charge is 0.328 e. The van der Waals surface area contributed by atoms with E-state index in [2.05, 4.69) is 15.0 Å². The molecule has 6 heteroatoms. The van der Waals surface area contributed by atoms with Crippen LogP contribution >= 0.6 is 22.9 Å². The summed E-state index contributed by atoms with van der Waals surface area (Å²) >= 11 is 7.35. The third kappa shape index (κ3) is 2.68. The summed E-state index contributed by atoms with van der Waals surface area (Å²) in [7, 11) is 1.36. The molecule has 0 amide bonds. The van der Waals surface area contributed by atoms with Crippen molar-refractivity contribution in [1.82, 2.24) is 4.98 Å². The lowest BCUT2D eigenvalue weighted by atomic mass is 10.3. The average Bonchev–Trinajstić information content (AvgIpc) is 2.69. The maximum atomic E-state index is 11.3. The number of hydrogen-bond acceptors (Lipinski definition) is 5. The molecule has 17 heavy (non-hydrogen) atoms. The number of ether oxygens (including phenoxy) is 1. The molecule has 0 aliphatic carbocycles. The summed E-state index contributed by atoms with van der Waals surface area (Å²) in [6.45, 7) is 1.73. The second-order valence-corrected chi connectivity index (χ2v) is 4.99. The van der Waals surface area contributed by atoms with Crippen LogP contribution < -0.4 is 5.32 Å². The minimum Gasteiger partial charge on any atom is -0.467 e. The third-order valence-corrected chi connectivity index (χ3v) is 3.45. The minimum atomic E-state index is -0.420. The first-order valence-electron chi connectivity index (χ1n) is 5.00. The van der Waals surface area contributed by atoms with Gasteiger partial charge in [0.15, 0.2) is 5.13 Å². The molecule has 1 unspecified atom stereocenters. The molecule has 1 aromatic heterocycles. The second-order valence-electron chi connectivity index (χ2n) is 3.52. The van der Waals surface area contributed by atoms with Gasteiger partial charge in [0.05, 0.1) is 17.3 Å². The average molecular weight is 271 g/mol. The number of methoxy groups -OCH3 is 1. The first-order chi connectivity index (χ1) is 8.10. The van der Waals surface area contributed by atoms with Crippen molar-refractivity contribution in [3.8, 4) is 0 Å². The summed E-state index contributed by atoms with van der Waals surface area (Å²) in [5.41, 5.74) is 0.821. The number of benzene rings is 1. The molecule has 2 rings (SSSR count). The summed E-state index contributed by atoms with van der Waals surface area (Å²) in [6.07, 6.45) is 0. The Balaban J connectivity index is 2.22. The van der Waals surface area contributed by atoms with E-state index in [9.17, 15) is 4.79 Å². The van der Waals surface area contributed by atoms with E-state index in [1.54, 1.807) is 13.0 Å². The van der Waals surface area contributed by atoms with Gasteiger partial charge in [-0.2, -0.15) is 0 Å². The molecule has 1 heterocycles. The van der Waals surface area contributed by atoms with Crippen molar-refractivity contribution in [2.45, 2.75) is 13.0 Å². The van der Waals surface area contributed by atoms with Crippen LogP contribution in [0.3, 0.4) is 0 Å². The molecule has 4 nitrogen and oxygen atoms in total. The molecule has 0 aliphatic rings. The molecule has 2 aromatic rings. The van der Waals surface area contributed by atoms with Gasteiger partial charge in [-0.05, 0) is 25.1 Å². The van der Waals surface area contributed by atoms with Gasteiger partial charge < -0.3 is 10.1 Å². The Morgan fingerprint density at radius 3 is 3.06 bits per heavy atom. The molecule has 0 aliphatic heterocycles. The Hall–Kier alpha value is -1.33. The van der Waals surface area contributed by atoms with Crippen molar-refractivity contribution in [2.75, 3.05) is 12.4 Å². The van der Waals surface area contributed by atoms with Crippen molar-refractivity contribution in [1.29, 1.82) is 0 Å². The van der Waals surface area contributed by atoms with Crippen molar-refractivity contribution >= 4 is 44.3 Å². The van der Waals surface area contributed by atoms with Crippen LogP contribution in [0.5, 0.6) is 0 Å². The van der Waals surface area contributed by atoms with Crippen LogP contribution in [0.25, 0.3) is 10.2 Å². The van der Waals surface area contributed by atoms with E-state index in [0.29, 0.717) is 10.2 Å². The number of anilines is 1. The van der Waals surface area contributed by atoms with Crippen LogP contribution in [0.2, 0.25) is 5.02 Å². The normalized spacial score (nSPS) is 12.4. The molecule has 1 N–H and O–H groups in total. The van der Waals surface area contributed by atoms with Crippen LogP contribution in [-0.4, -0.2) is 24.1 Å². The summed E-state index contributed by atoms with van der Waals surface area (Å²) in [5.74, 6) is -0.317. The molecule has 0 radical (unpaired) electrons. The van der Waals surface area contributed by atoms with Crippen molar-refractivity contribution in [3.63, 3.8) is 0 Å². The zero-order valence-corrected chi connectivity index (χ0v) is 10.9. The van der Waals surface area contributed by atoms with E-state index in [1.165, 1.54) is 18.4 Å². The van der Waals surface area contributed by atoms with Crippen LogP contribution in [0.4, 0.5) is 5.13 Å². The first-order valence-corrected chi connectivity index (χ1v) is 6.20. The number of esters is 1. The zero-order chi connectivity index (χ0) is 12.4. The van der Waals surface area contributed by atoms with Gasteiger partial charge >= 0.3 is 5.97 Å². The molecule has 1 aromatic carbocycles. The van der Waals surface area contributed by atoms with E-state index in [1.807, 2.05) is 12.1 Å². The maximum absolute atomic E-state index is 11.3. The van der Waals surface area contributed by atoms with Crippen molar-refractivity contribution in [3.05, 3.63) is 23.2 Å². The van der Waals surface area contributed by atoms with Gasteiger partial charge in [-0.15, -0.1) is 0 Å². The highest BCUT2D eigenvalue weighted by Gasteiger charge is 2.14. The van der Waals surface area contributed by atoms with E-state index < -0.39 is 6.04 Å². The Kier molecular flexibility index (Phi) is 3.49. The predicted molar refractivity (Wildman–Crippen MR) is 69.7 cm³/mol. The number of halogens is 1. The zero-order valence-electron chi connectivity index (χ0n) is 9.36. The number of hydrogen-bond donors (Lipinski definition) is 1. The summed E-state index contributed by atoms with van der Waals surface area (Å²) in [6, 6.07) is 5.09. The summed E-state index contributed by atoms with van der Waals surface area (Å²) in [5, 5.41) is 4.32. The highest BCUT2D eigenvalue weighted by molar-refractivity contribution is 7.22. The fraction of sp³-hybridized carbons (Fsp3) is 0.273. The van der Waals surface area contributed by atoms with Crippen molar-refractivity contribution in [2.24, 2.45) is 0 Å². The monoisotopic (exact) mass is 270 g/mol. The molecular weight excluding hydrogens is 260 g/mol. The van der Waals surface area contributed by atoms with Gasteiger partial charge in [0.2, 0.25) is 0 Å². The number of fused-ring (bicyclic) bond motifs is 1. The Morgan fingerprint density at radius 2 is 2.35 bits per heavy atom. The van der Waals surface area contributed by atoms with Crippen LogP contribution in [0.1, 0.15) is 6.92 Å². The fourth-order valence-electron chi connectivity index (χ4n) is 1.38. The van der Waals surface area contributed by atoms with Crippen LogP contribution in [0.15, 0.2) is 18.2 Å². The number of nitrogens with one attached hydrogen (secondary N) is 1. The number of thiazole rings is 1. The predicted octanol–water partition coefficient (Wildman–Crippen LogP) is 2.92. The number of carbonyl (C=O) groups is 1. The van der Waals surface area contributed by atoms with E-state index in [0.717, 1.165) is 10.2 Å². The quantitative estimate of drug-likeness (QED) is 0.872. The Bertz CT molecular complexity index is 555. The van der Waals surface area contributed by atoms with E-state index >= 15 is 0 Å². The number of nitrogens with zero attached hydrogens (tertiary/aromatic N) is 1. The Morgan fingerprint density at radius 1 is 1.59 bits per heavy atom. The molecule has 1 atom stereocenters. The summed E-state index contributed by atoms with van der Waals surface area (Å²) in [4.78, 5) is 15.6. The number of aromatic nitrogens is 1. The number of carbonyl (C=O) groups excluding carboxylic acids is 1. The lowest BCUT2D eigenvalue weighted by Crippen LogP contribution is -2.26. The molecule has 0 fully saturated rings. The SMILES string of the molecule is COC(=O)C(C)Nc1nc2cc(Cl)ccc2s1. The standard InChI is InChI=1S/C11H11ClN2O2S/c1-6(10(15)16-2)13-11-14-8-5-7(12)3-4-9(8)17-11/h3-6H,1-2H3,(H,13,14). The summed E-state index contributed by atoms with van der Waals surface area (Å²) < 4.78 is 5.65. The van der Waals surface area contributed by atoms with Gasteiger partial charge in [-0.25, -0.2) is 9.78 Å². The van der Waals surface area contributed by atoms with Gasteiger partial charge in [-0.3, -0.25) is 0 Å². The highest BCUT2D eigenvalue weighted by atomic mass is 35.5.